The number of anilines is 2. The Balaban J connectivity index is 1.23. The van der Waals surface area contributed by atoms with Crippen molar-refractivity contribution in [2.24, 2.45) is 5.92 Å². The lowest BCUT2D eigenvalue weighted by Crippen LogP contribution is -2.49. The Morgan fingerprint density at radius 1 is 0.892 bits per heavy atom. The number of carbonyl (C=O) groups is 2. The number of nitrogens with one attached hydrogen (secondary N) is 2. The lowest BCUT2D eigenvalue weighted by Gasteiger charge is -2.37. The van der Waals surface area contributed by atoms with Crippen molar-refractivity contribution in [2.45, 2.75) is 20.5 Å². The highest BCUT2D eigenvalue weighted by Gasteiger charge is 2.22. The van der Waals surface area contributed by atoms with Crippen LogP contribution < -0.4 is 20.3 Å². The third-order valence-electron chi connectivity index (χ3n) is 6.17. The van der Waals surface area contributed by atoms with E-state index in [-0.39, 0.29) is 22.8 Å². The van der Waals surface area contributed by atoms with Crippen LogP contribution in [0.25, 0.3) is 0 Å². The number of piperazine rings is 1. The van der Waals surface area contributed by atoms with Crippen LogP contribution in [-0.2, 0) is 11.4 Å². The minimum absolute atomic E-state index is 0.0274. The van der Waals surface area contributed by atoms with Gasteiger partial charge in [-0.1, -0.05) is 44.2 Å². The maximum Gasteiger partial charge on any atom is 0.257 e. The fourth-order valence-corrected chi connectivity index (χ4v) is 4.30. The Morgan fingerprint density at radius 2 is 1.54 bits per heavy atom. The molecule has 37 heavy (non-hydrogen) atoms. The van der Waals surface area contributed by atoms with E-state index in [1.165, 1.54) is 0 Å². The normalized spacial score (nSPS) is 13.3. The third kappa shape index (κ3) is 7.30. The van der Waals surface area contributed by atoms with Crippen LogP contribution in [0.5, 0.6) is 5.75 Å². The number of hydrogen-bond donors (Lipinski definition) is 2. The van der Waals surface area contributed by atoms with Crippen LogP contribution in [0.15, 0.2) is 78.9 Å². The third-order valence-corrected chi connectivity index (χ3v) is 6.37. The molecule has 0 atom stereocenters. The standard InChI is InChI=1S/C29H32N4O3S/c1-21(2)28(35)33-18-16-32(17-19-33)25-12-10-24(11-13-25)30-29(37)31-27(34)23-8-14-26(15-9-23)36-20-22-6-4-3-5-7-22/h3-15,21H,16-20H2,1-2H3,(H2,30,31,34,37). The molecule has 0 spiro atoms. The number of nitrogens with zero attached hydrogens (tertiary/aromatic N) is 2. The molecule has 1 aliphatic heterocycles. The van der Waals surface area contributed by atoms with Gasteiger partial charge in [-0.25, -0.2) is 0 Å². The van der Waals surface area contributed by atoms with E-state index in [4.69, 9.17) is 17.0 Å². The number of carbonyl (C=O) groups excluding carboxylic acids is 2. The molecule has 192 valence electrons. The Morgan fingerprint density at radius 3 is 2.16 bits per heavy atom. The van der Waals surface area contributed by atoms with E-state index in [0.717, 1.165) is 43.1 Å². The van der Waals surface area contributed by atoms with Gasteiger partial charge < -0.3 is 19.9 Å². The summed E-state index contributed by atoms with van der Waals surface area (Å²) in [4.78, 5) is 29.0. The van der Waals surface area contributed by atoms with E-state index in [9.17, 15) is 9.59 Å². The van der Waals surface area contributed by atoms with E-state index in [0.29, 0.717) is 17.9 Å². The molecular weight excluding hydrogens is 484 g/mol. The first-order chi connectivity index (χ1) is 17.9. The summed E-state index contributed by atoms with van der Waals surface area (Å²) in [5.41, 5.74) is 3.44. The Hall–Kier alpha value is -3.91. The molecule has 8 heteroatoms. The number of benzene rings is 3. The van der Waals surface area contributed by atoms with Crippen LogP contribution in [0.1, 0.15) is 29.8 Å². The summed E-state index contributed by atoms with van der Waals surface area (Å²) < 4.78 is 5.77. The minimum Gasteiger partial charge on any atom is -0.489 e. The first kappa shape index (κ1) is 26.2. The van der Waals surface area contributed by atoms with E-state index in [1.807, 2.05) is 73.3 Å². The monoisotopic (exact) mass is 516 g/mol. The van der Waals surface area contributed by atoms with Crippen molar-refractivity contribution in [3.63, 3.8) is 0 Å². The van der Waals surface area contributed by atoms with Crippen LogP contribution in [-0.4, -0.2) is 48.0 Å². The number of thiocarbonyl (C=S) groups is 1. The van der Waals surface area contributed by atoms with E-state index in [1.54, 1.807) is 24.3 Å². The average Bonchev–Trinajstić information content (AvgIpc) is 2.92. The first-order valence-corrected chi connectivity index (χ1v) is 12.8. The van der Waals surface area contributed by atoms with Crippen molar-refractivity contribution >= 4 is 40.5 Å². The van der Waals surface area contributed by atoms with Gasteiger partial charge in [0.1, 0.15) is 12.4 Å². The quantitative estimate of drug-likeness (QED) is 0.444. The van der Waals surface area contributed by atoms with Crippen molar-refractivity contribution in [1.82, 2.24) is 10.2 Å². The summed E-state index contributed by atoms with van der Waals surface area (Å²) in [6.45, 7) is 7.40. The molecule has 1 aliphatic rings. The number of amides is 2. The van der Waals surface area contributed by atoms with Gasteiger partial charge >= 0.3 is 0 Å². The summed E-state index contributed by atoms with van der Waals surface area (Å²) in [5, 5.41) is 6.00. The van der Waals surface area contributed by atoms with Crippen molar-refractivity contribution in [2.75, 3.05) is 36.4 Å². The zero-order chi connectivity index (χ0) is 26.2. The molecule has 0 bridgehead atoms. The summed E-state index contributed by atoms with van der Waals surface area (Å²) in [6.07, 6.45) is 0. The molecule has 3 aromatic carbocycles. The molecule has 0 aromatic heterocycles. The van der Waals surface area contributed by atoms with Crippen molar-refractivity contribution < 1.29 is 14.3 Å². The van der Waals surface area contributed by atoms with Gasteiger partial charge in [0, 0.05) is 49.0 Å². The lowest BCUT2D eigenvalue weighted by atomic mass is 10.1. The van der Waals surface area contributed by atoms with Crippen LogP contribution in [0.2, 0.25) is 0 Å². The van der Waals surface area contributed by atoms with Gasteiger partial charge in [-0.2, -0.15) is 0 Å². The molecule has 0 radical (unpaired) electrons. The molecule has 4 rings (SSSR count). The fourth-order valence-electron chi connectivity index (χ4n) is 4.09. The molecule has 0 saturated carbocycles. The topological polar surface area (TPSA) is 73.9 Å². The molecule has 1 fully saturated rings. The smallest absolute Gasteiger partial charge is 0.257 e. The molecular formula is C29H32N4O3S. The van der Waals surface area contributed by atoms with E-state index in [2.05, 4.69) is 15.5 Å². The molecule has 2 amide bonds. The van der Waals surface area contributed by atoms with Crippen LogP contribution in [0.4, 0.5) is 11.4 Å². The SMILES string of the molecule is CC(C)C(=O)N1CCN(c2ccc(NC(=S)NC(=O)c3ccc(OCc4ccccc4)cc3)cc2)CC1. The zero-order valence-corrected chi connectivity index (χ0v) is 22.0. The minimum atomic E-state index is -0.294. The van der Waals surface area contributed by atoms with Crippen LogP contribution >= 0.6 is 12.2 Å². The molecule has 1 saturated heterocycles. The van der Waals surface area contributed by atoms with E-state index < -0.39 is 0 Å². The predicted octanol–water partition coefficient (Wildman–Crippen LogP) is 4.70. The summed E-state index contributed by atoms with van der Waals surface area (Å²) in [7, 11) is 0. The van der Waals surface area contributed by atoms with Crippen LogP contribution in [0, 0.1) is 5.92 Å². The highest BCUT2D eigenvalue weighted by molar-refractivity contribution is 7.80. The van der Waals surface area contributed by atoms with Gasteiger partial charge in [-0.3, -0.25) is 14.9 Å². The average molecular weight is 517 g/mol. The van der Waals surface area contributed by atoms with E-state index >= 15 is 0 Å². The summed E-state index contributed by atoms with van der Waals surface area (Å²) in [5.74, 6) is 0.633. The molecule has 0 aliphatic carbocycles. The maximum atomic E-state index is 12.6. The van der Waals surface area contributed by atoms with Gasteiger partial charge in [0.05, 0.1) is 0 Å². The second-order valence-electron chi connectivity index (χ2n) is 9.22. The molecule has 2 N–H and O–H groups in total. The maximum absolute atomic E-state index is 12.6. The van der Waals surface area contributed by atoms with Gasteiger partial charge in [-0.05, 0) is 66.3 Å². The number of ether oxygens (including phenoxy) is 1. The van der Waals surface area contributed by atoms with Crippen molar-refractivity contribution in [1.29, 1.82) is 0 Å². The molecule has 3 aromatic rings. The largest absolute Gasteiger partial charge is 0.489 e. The van der Waals surface area contributed by atoms with Gasteiger partial charge in [0.25, 0.3) is 5.91 Å². The highest BCUT2D eigenvalue weighted by Crippen LogP contribution is 2.20. The van der Waals surface area contributed by atoms with Crippen molar-refractivity contribution in [3.05, 3.63) is 90.0 Å². The fraction of sp³-hybridized carbons (Fsp3) is 0.276. The molecule has 1 heterocycles. The Kier molecular flexibility index (Phi) is 8.74. The summed E-state index contributed by atoms with van der Waals surface area (Å²) >= 11 is 5.33. The molecule has 7 nitrogen and oxygen atoms in total. The van der Waals surface area contributed by atoms with Gasteiger partial charge in [0.2, 0.25) is 5.91 Å². The summed E-state index contributed by atoms with van der Waals surface area (Å²) in [6, 6.07) is 24.8. The highest BCUT2D eigenvalue weighted by atomic mass is 32.1. The Bertz CT molecular complexity index is 1210. The van der Waals surface area contributed by atoms with Crippen molar-refractivity contribution in [3.8, 4) is 5.75 Å². The number of hydrogen-bond acceptors (Lipinski definition) is 5. The number of rotatable bonds is 7. The predicted molar refractivity (Wildman–Crippen MR) is 151 cm³/mol. The van der Waals surface area contributed by atoms with Crippen LogP contribution in [0.3, 0.4) is 0 Å². The first-order valence-electron chi connectivity index (χ1n) is 12.4. The van der Waals surface area contributed by atoms with Gasteiger partial charge in [-0.15, -0.1) is 0 Å². The zero-order valence-electron chi connectivity index (χ0n) is 21.1. The second-order valence-corrected chi connectivity index (χ2v) is 9.63. The Labute approximate surface area is 223 Å². The second kappa shape index (κ2) is 12.4. The van der Waals surface area contributed by atoms with Gasteiger partial charge in [0.15, 0.2) is 5.11 Å². The lowest BCUT2D eigenvalue weighted by molar-refractivity contribution is -0.134. The molecule has 0 unspecified atom stereocenters.